The predicted octanol–water partition coefficient (Wildman–Crippen LogP) is 4.94. The van der Waals surface area contributed by atoms with Gasteiger partial charge in [0.2, 0.25) is 0 Å². The second-order valence-electron chi connectivity index (χ2n) is 8.28. The van der Waals surface area contributed by atoms with Crippen molar-refractivity contribution in [2.24, 2.45) is 0 Å². The summed E-state index contributed by atoms with van der Waals surface area (Å²) in [4.78, 5) is 32.6. The van der Waals surface area contributed by atoms with Crippen LogP contribution in [0.1, 0.15) is 35.5 Å². The summed E-state index contributed by atoms with van der Waals surface area (Å²) in [7, 11) is 1.58. The first-order valence-corrected chi connectivity index (χ1v) is 12.1. The van der Waals surface area contributed by atoms with Crippen molar-refractivity contribution in [1.82, 2.24) is 14.7 Å². The van der Waals surface area contributed by atoms with E-state index < -0.39 is 0 Å². The number of methoxy groups -OCH3 is 1. The number of nitrogens with one attached hydrogen (secondary N) is 2. The van der Waals surface area contributed by atoms with Crippen LogP contribution in [0.4, 0.5) is 16.3 Å². The van der Waals surface area contributed by atoms with E-state index in [0.717, 1.165) is 17.7 Å². The second-order valence-corrected chi connectivity index (χ2v) is 8.28. The molecule has 8 nitrogen and oxygen atoms in total. The van der Waals surface area contributed by atoms with Crippen LogP contribution in [-0.4, -0.2) is 41.5 Å². The highest BCUT2D eigenvalue weighted by Crippen LogP contribution is 2.25. The van der Waals surface area contributed by atoms with E-state index in [2.05, 4.69) is 10.6 Å². The summed E-state index contributed by atoms with van der Waals surface area (Å²) < 4.78 is 7.06. The number of pyridine rings is 1. The number of imidazole rings is 1. The van der Waals surface area contributed by atoms with Gasteiger partial charge in [0.1, 0.15) is 17.2 Å². The minimum Gasteiger partial charge on any atom is -0.497 e. The Labute approximate surface area is 210 Å². The number of aromatic nitrogens is 2. The number of nitrogens with zero attached hydrogens (tertiary/aromatic N) is 3. The molecule has 3 amide bonds. The summed E-state index contributed by atoms with van der Waals surface area (Å²) >= 11 is 0. The summed E-state index contributed by atoms with van der Waals surface area (Å²) in [5, 5.41) is 5.92. The van der Waals surface area contributed by atoms with Crippen molar-refractivity contribution in [3.63, 3.8) is 0 Å². The van der Waals surface area contributed by atoms with Gasteiger partial charge in [-0.2, -0.15) is 0 Å². The molecule has 0 bridgehead atoms. The van der Waals surface area contributed by atoms with Crippen LogP contribution >= 0.6 is 0 Å². The largest absolute Gasteiger partial charge is 0.497 e. The summed E-state index contributed by atoms with van der Waals surface area (Å²) in [6.45, 7) is 4.90. The van der Waals surface area contributed by atoms with Crippen molar-refractivity contribution in [1.29, 1.82) is 0 Å². The van der Waals surface area contributed by atoms with Crippen molar-refractivity contribution in [2.75, 3.05) is 30.4 Å². The average molecular weight is 486 g/mol. The van der Waals surface area contributed by atoms with Crippen molar-refractivity contribution in [2.45, 2.75) is 26.7 Å². The molecule has 4 aromatic rings. The fraction of sp³-hybridized carbons (Fsp3) is 0.250. The van der Waals surface area contributed by atoms with Gasteiger partial charge in [0, 0.05) is 31.0 Å². The fourth-order valence-electron chi connectivity index (χ4n) is 4.09. The monoisotopic (exact) mass is 485 g/mol. The molecular weight excluding hydrogens is 454 g/mol. The molecule has 2 heterocycles. The molecule has 2 aromatic carbocycles. The van der Waals surface area contributed by atoms with Crippen LogP contribution in [0.5, 0.6) is 5.75 Å². The summed E-state index contributed by atoms with van der Waals surface area (Å²) in [6.07, 6.45) is 3.12. The Bertz CT molecular complexity index is 1350. The summed E-state index contributed by atoms with van der Waals surface area (Å²) in [5.41, 5.74) is 3.71. The number of amides is 3. The molecule has 2 aromatic heterocycles. The van der Waals surface area contributed by atoms with Gasteiger partial charge in [-0.15, -0.1) is 0 Å². The van der Waals surface area contributed by atoms with E-state index in [1.54, 1.807) is 42.5 Å². The lowest BCUT2D eigenvalue weighted by Gasteiger charge is -2.22. The van der Waals surface area contributed by atoms with Gasteiger partial charge in [0.15, 0.2) is 0 Å². The SMILES string of the molecule is CCc1nc2ccc(C(=O)Nc3cccc(OC)c3)cn2c1N(CC)C(=O)NCCc1ccccc1. The molecule has 0 aliphatic carbocycles. The normalized spacial score (nSPS) is 10.8. The van der Waals surface area contributed by atoms with Gasteiger partial charge in [-0.05, 0) is 49.6 Å². The predicted molar refractivity (Wildman–Crippen MR) is 142 cm³/mol. The van der Waals surface area contributed by atoms with Crippen molar-refractivity contribution < 1.29 is 14.3 Å². The minimum absolute atomic E-state index is 0.198. The molecule has 0 fully saturated rings. The number of urea groups is 1. The smallest absolute Gasteiger partial charge is 0.323 e. The van der Waals surface area contributed by atoms with Crippen molar-refractivity contribution in [3.05, 3.63) is 89.7 Å². The number of ether oxygens (including phenoxy) is 1. The third-order valence-corrected chi connectivity index (χ3v) is 5.94. The second kappa shape index (κ2) is 11.4. The fourth-order valence-corrected chi connectivity index (χ4v) is 4.09. The van der Waals surface area contributed by atoms with E-state index in [4.69, 9.17) is 9.72 Å². The summed E-state index contributed by atoms with van der Waals surface area (Å²) in [6, 6.07) is 20.6. The first-order chi connectivity index (χ1) is 17.5. The van der Waals surface area contributed by atoms with E-state index >= 15 is 0 Å². The Morgan fingerprint density at radius 3 is 2.56 bits per heavy atom. The van der Waals surface area contributed by atoms with E-state index in [0.29, 0.717) is 48.0 Å². The van der Waals surface area contributed by atoms with Gasteiger partial charge in [-0.1, -0.05) is 43.3 Å². The van der Waals surface area contributed by atoms with Crippen LogP contribution in [0.25, 0.3) is 5.65 Å². The van der Waals surface area contributed by atoms with E-state index in [9.17, 15) is 9.59 Å². The first kappa shape index (κ1) is 24.8. The number of aryl methyl sites for hydroxylation is 1. The number of carbonyl (C=O) groups excluding carboxylic acids is 2. The Morgan fingerprint density at radius 2 is 1.83 bits per heavy atom. The zero-order valence-electron chi connectivity index (χ0n) is 20.8. The minimum atomic E-state index is -0.266. The molecule has 0 radical (unpaired) electrons. The Kier molecular flexibility index (Phi) is 7.85. The molecule has 0 atom stereocenters. The molecule has 2 N–H and O–H groups in total. The number of rotatable bonds is 9. The standard InChI is InChI=1S/C28H31N5O3/c1-4-24-27(32(5-2)28(35)29-17-16-20-10-7-6-8-11-20)33-19-21(14-15-25(33)31-24)26(34)30-22-12-9-13-23(18-22)36-3/h6-15,18-19H,4-5,16-17H2,1-3H3,(H,29,35)(H,30,34). The topological polar surface area (TPSA) is 88.0 Å². The molecule has 0 saturated heterocycles. The van der Waals surface area contributed by atoms with Crippen molar-refractivity contribution >= 4 is 29.1 Å². The molecule has 0 aliphatic rings. The van der Waals surface area contributed by atoms with Crippen LogP contribution in [-0.2, 0) is 12.8 Å². The summed E-state index contributed by atoms with van der Waals surface area (Å²) in [5.74, 6) is 1.06. The average Bonchev–Trinajstić information content (AvgIpc) is 3.27. The third kappa shape index (κ3) is 5.49. The zero-order valence-corrected chi connectivity index (χ0v) is 20.8. The lowest BCUT2D eigenvalue weighted by Crippen LogP contribution is -2.41. The van der Waals surface area contributed by atoms with Gasteiger partial charge in [-0.25, -0.2) is 9.78 Å². The maximum absolute atomic E-state index is 13.2. The van der Waals surface area contributed by atoms with Crippen LogP contribution in [0, 0.1) is 0 Å². The number of hydrogen-bond acceptors (Lipinski definition) is 4. The molecule has 36 heavy (non-hydrogen) atoms. The third-order valence-electron chi connectivity index (χ3n) is 5.94. The molecule has 0 spiro atoms. The Hall–Kier alpha value is -4.33. The quantitative estimate of drug-likeness (QED) is 0.352. The number of carbonyl (C=O) groups is 2. The van der Waals surface area contributed by atoms with Gasteiger partial charge < -0.3 is 15.4 Å². The number of fused-ring (bicyclic) bond motifs is 1. The lowest BCUT2D eigenvalue weighted by molar-refractivity contribution is 0.102. The molecule has 0 saturated carbocycles. The van der Waals surface area contributed by atoms with Gasteiger partial charge in [-0.3, -0.25) is 14.1 Å². The molecule has 4 rings (SSSR count). The van der Waals surface area contributed by atoms with Crippen LogP contribution in [0.15, 0.2) is 72.9 Å². The number of hydrogen-bond donors (Lipinski definition) is 2. The first-order valence-electron chi connectivity index (χ1n) is 12.1. The Balaban J connectivity index is 1.57. The molecule has 8 heteroatoms. The van der Waals surface area contributed by atoms with Gasteiger partial charge in [0.25, 0.3) is 5.91 Å². The lowest BCUT2D eigenvalue weighted by atomic mass is 10.1. The highest BCUT2D eigenvalue weighted by Gasteiger charge is 2.23. The Morgan fingerprint density at radius 1 is 1.03 bits per heavy atom. The molecular formula is C28H31N5O3. The maximum atomic E-state index is 13.2. The molecule has 0 aliphatic heterocycles. The highest BCUT2D eigenvalue weighted by molar-refractivity contribution is 6.04. The van der Waals surface area contributed by atoms with Gasteiger partial charge in [0.05, 0.1) is 18.4 Å². The number of benzene rings is 2. The van der Waals surface area contributed by atoms with Crippen LogP contribution < -0.4 is 20.3 Å². The molecule has 0 unspecified atom stereocenters. The van der Waals surface area contributed by atoms with Crippen LogP contribution in [0.2, 0.25) is 0 Å². The van der Waals surface area contributed by atoms with E-state index in [1.165, 1.54) is 0 Å². The zero-order chi connectivity index (χ0) is 25.5. The molecule has 186 valence electrons. The number of anilines is 2. The van der Waals surface area contributed by atoms with Crippen LogP contribution in [0.3, 0.4) is 0 Å². The maximum Gasteiger partial charge on any atom is 0.323 e. The highest BCUT2D eigenvalue weighted by atomic mass is 16.5. The van der Waals surface area contributed by atoms with Crippen molar-refractivity contribution in [3.8, 4) is 5.75 Å². The van der Waals surface area contributed by atoms with Gasteiger partial charge >= 0.3 is 6.03 Å². The van der Waals surface area contributed by atoms with E-state index in [-0.39, 0.29) is 11.9 Å². The van der Waals surface area contributed by atoms with E-state index in [1.807, 2.05) is 60.7 Å².